The monoisotopic (exact) mass is 372 g/mol. The molecule has 0 fully saturated rings. The molecule has 1 N–H and O–H groups in total. The van der Waals surface area contributed by atoms with Gasteiger partial charge in [0.2, 0.25) is 5.91 Å². The Morgan fingerprint density at radius 2 is 2.04 bits per heavy atom. The lowest BCUT2D eigenvalue weighted by molar-refractivity contribution is -0.113. The van der Waals surface area contributed by atoms with Gasteiger partial charge in [-0.2, -0.15) is 0 Å². The first kappa shape index (κ1) is 17.5. The molecule has 5 nitrogen and oxygen atoms in total. The number of anilines is 1. The minimum atomic E-state index is -0.158. The number of amides is 1. The molecule has 0 saturated carbocycles. The number of aryl methyl sites for hydroxylation is 2. The minimum Gasteiger partial charge on any atom is -0.323 e. The summed E-state index contributed by atoms with van der Waals surface area (Å²) in [5.74, 6) is 0.0714. The number of thioether (sulfide) groups is 1. The molecule has 128 valence electrons. The van der Waals surface area contributed by atoms with E-state index < -0.39 is 0 Å². The fraction of sp³-hybridized carbons (Fsp3) is 0.167. The number of hydrogen-bond acceptors (Lipinski definition) is 4. The van der Waals surface area contributed by atoms with E-state index in [4.69, 9.17) is 11.6 Å². The summed E-state index contributed by atoms with van der Waals surface area (Å²) in [6, 6.07) is 9.67. The van der Waals surface area contributed by atoms with Gasteiger partial charge in [0.05, 0.1) is 11.4 Å². The summed E-state index contributed by atoms with van der Waals surface area (Å²) in [5.41, 5.74) is 3.99. The number of nitrogens with zero attached hydrogens (tertiary/aromatic N) is 3. The quantitative estimate of drug-likeness (QED) is 0.536. The molecule has 0 saturated heterocycles. The van der Waals surface area contributed by atoms with Crippen LogP contribution in [0.3, 0.4) is 0 Å². The molecule has 2 heterocycles. The summed E-state index contributed by atoms with van der Waals surface area (Å²) in [4.78, 5) is 20.4. The molecule has 25 heavy (non-hydrogen) atoms. The van der Waals surface area contributed by atoms with E-state index in [1.165, 1.54) is 22.9 Å². The number of pyridine rings is 1. The first-order chi connectivity index (χ1) is 12.0. The lowest BCUT2D eigenvalue weighted by Crippen LogP contribution is -2.15. The Hall–Kier alpha value is -2.31. The molecule has 0 bridgehead atoms. The van der Waals surface area contributed by atoms with E-state index in [1.54, 1.807) is 24.5 Å². The van der Waals surface area contributed by atoms with Crippen LogP contribution in [-0.2, 0) is 4.79 Å². The lowest BCUT2D eigenvalue weighted by Gasteiger charge is -2.10. The van der Waals surface area contributed by atoms with E-state index in [9.17, 15) is 4.79 Å². The standard InChI is InChI=1S/C18H17ClN4OS/c1-12-5-6-14(10-13(12)2)23-9-8-21-18(23)25-11-16(24)22-15-4-3-7-20-17(15)19/h3-10H,11H2,1-2H3,(H,22,24). The van der Waals surface area contributed by atoms with Gasteiger partial charge in [-0.3, -0.25) is 9.36 Å². The number of rotatable bonds is 5. The fourth-order valence-electron chi connectivity index (χ4n) is 2.26. The molecule has 3 rings (SSSR count). The second-order valence-corrected chi connectivity index (χ2v) is 6.83. The van der Waals surface area contributed by atoms with Crippen LogP contribution in [0, 0.1) is 13.8 Å². The molecular weight excluding hydrogens is 356 g/mol. The van der Waals surface area contributed by atoms with Gasteiger partial charge in [-0.25, -0.2) is 9.97 Å². The van der Waals surface area contributed by atoms with Gasteiger partial charge in [0, 0.05) is 24.3 Å². The molecule has 3 aromatic rings. The number of halogens is 1. The predicted molar refractivity (Wildman–Crippen MR) is 102 cm³/mol. The van der Waals surface area contributed by atoms with Crippen LogP contribution < -0.4 is 5.32 Å². The van der Waals surface area contributed by atoms with Gasteiger partial charge in [0.15, 0.2) is 10.3 Å². The molecule has 7 heteroatoms. The molecule has 0 aliphatic heterocycles. The third-order valence-electron chi connectivity index (χ3n) is 3.74. The minimum absolute atomic E-state index is 0.158. The number of carbonyl (C=O) groups excluding carboxylic acids is 1. The number of hydrogen-bond donors (Lipinski definition) is 1. The van der Waals surface area contributed by atoms with Crippen molar-refractivity contribution in [2.45, 2.75) is 19.0 Å². The molecule has 1 amide bonds. The maximum atomic E-state index is 12.2. The van der Waals surface area contributed by atoms with Crippen LogP contribution in [0.2, 0.25) is 5.15 Å². The van der Waals surface area contributed by atoms with Crippen LogP contribution >= 0.6 is 23.4 Å². The zero-order valence-electron chi connectivity index (χ0n) is 13.9. The highest BCUT2D eigenvalue weighted by atomic mass is 35.5. The zero-order chi connectivity index (χ0) is 17.8. The third kappa shape index (κ3) is 4.21. The Labute approximate surface area is 155 Å². The average molecular weight is 373 g/mol. The number of imidazole rings is 1. The normalized spacial score (nSPS) is 10.7. The highest BCUT2D eigenvalue weighted by Gasteiger charge is 2.11. The maximum Gasteiger partial charge on any atom is 0.234 e. The van der Waals surface area contributed by atoms with E-state index >= 15 is 0 Å². The van der Waals surface area contributed by atoms with Crippen LogP contribution in [-0.4, -0.2) is 26.2 Å². The summed E-state index contributed by atoms with van der Waals surface area (Å²) in [6.45, 7) is 4.16. The van der Waals surface area contributed by atoms with Gasteiger partial charge in [-0.05, 0) is 49.2 Å². The maximum absolute atomic E-state index is 12.2. The van der Waals surface area contributed by atoms with Gasteiger partial charge >= 0.3 is 0 Å². The number of aromatic nitrogens is 3. The number of benzene rings is 1. The van der Waals surface area contributed by atoms with Crippen molar-refractivity contribution in [3.8, 4) is 5.69 Å². The van der Waals surface area contributed by atoms with Crippen molar-refractivity contribution in [3.63, 3.8) is 0 Å². The zero-order valence-corrected chi connectivity index (χ0v) is 15.4. The van der Waals surface area contributed by atoms with E-state index in [-0.39, 0.29) is 16.8 Å². The van der Waals surface area contributed by atoms with Crippen molar-refractivity contribution in [3.05, 3.63) is 65.2 Å². The van der Waals surface area contributed by atoms with Crippen LogP contribution in [0.5, 0.6) is 0 Å². The summed E-state index contributed by atoms with van der Waals surface area (Å²) >= 11 is 7.32. The van der Waals surface area contributed by atoms with Crippen LogP contribution in [0.4, 0.5) is 5.69 Å². The van der Waals surface area contributed by atoms with Crippen LogP contribution in [0.25, 0.3) is 5.69 Å². The molecule has 0 aliphatic carbocycles. The molecule has 0 unspecified atom stereocenters. The van der Waals surface area contributed by atoms with Gasteiger partial charge in [-0.1, -0.05) is 29.4 Å². The molecular formula is C18H17ClN4OS. The topological polar surface area (TPSA) is 59.8 Å². The number of nitrogens with one attached hydrogen (secondary N) is 1. The van der Waals surface area contributed by atoms with Crippen molar-refractivity contribution >= 4 is 35.0 Å². The highest BCUT2D eigenvalue weighted by molar-refractivity contribution is 7.99. The molecule has 0 atom stereocenters. The van der Waals surface area contributed by atoms with Gasteiger partial charge in [0.1, 0.15) is 0 Å². The first-order valence-electron chi connectivity index (χ1n) is 7.69. The van der Waals surface area contributed by atoms with Gasteiger partial charge < -0.3 is 5.32 Å². The molecule has 0 radical (unpaired) electrons. The van der Waals surface area contributed by atoms with Crippen LogP contribution in [0.15, 0.2) is 54.1 Å². The molecule has 0 aliphatic rings. The SMILES string of the molecule is Cc1ccc(-n2ccnc2SCC(=O)Nc2cccnc2Cl)cc1C. The summed E-state index contributed by atoms with van der Waals surface area (Å²) < 4.78 is 1.97. The Morgan fingerprint density at radius 1 is 1.20 bits per heavy atom. The van der Waals surface area contributed by atoms with Gasteiger partial charge in [-0.15, -0.1) is 0 Å². The Bertz CT molecular complexity index is 910. The van der Waals surface area contributed by atoms with Crippen molar-refractivity contribution < 1.29 is 4.79 Å². The average Bonchev–Trinajstić information content (AvgIpc) is 3.06. The Balaban J connectivity index is 1.68. The largest absolute Gasteiger partial charge is 0.323 e. The van der Waals surface area contributed by atoms with E-state index in [2.05, 4.69) is 41.3 Å². The van der Waals surface area contributed by atoms with E-state index in [0.717, 1.165) is 10.8 Å². The fourth-order valence-corrected chi connectivity index (χ4v) is 3.20. The van der Waals surface area contributed by atoms with Crippen molar-refractivity contribution in [2.24, 2.45) is 0 Å². The van der Waals surface area contributed by atoms with Crippen LogP contribution in [0.1, 0.15) is 11.1 Å². The Kier molecular flexibility index (Phi) is 5.40. The summed E-state index contributed by atoms with van der Waals surface area (Å²) in [6.07, 6.45) is 5.20. The predicted octanol–water partition coefficient (Wildman–Crippen LogP) is 4.27. The summed E-state index contributed by atoms with van der Waals surface area (Å²) in [7, 11) is 0. The van der Waals surface area contributed by atoms with Gasteiger partial charge in [0.25, 0.3) is 0 Å². The second-order valence-electron chi connectivity index (χ2n) is 5.53. The van der Waals surface area contributed by atoms with Crippen molar-refractivity contribution in [1.82, 2.24) is 14.5 Å². The van der Waals surface area contributed by atoms with Crippen molar-refractivity contribution in [1.29, 1.82) is 0 Å². The molecule has 2 aromatic heterocycles. The van der Waals surface area contributed by atoms with E-state index in [1.807, 2.05) is 16.8 Å². The molecule has 0 spiro atoms. The number of carbonyl (C=O) groups is 1. The first-order valence-corrected chi connectivity index (χ1v) is 9.05. The smallest absolute Gasteiger partial charge is 0.234 e. The van der Waals surface area contributed by atoms with E-state index in [0.29, 0.717) is 5.69 Å². The Morgan fingerprint density at radius 3 is 2.80 bits per heavy atom. The molecule has 1 aromatic carbocycles. The summed E-state index contributed by atoms with van der Waals surface area (Å²) in [5, 5.41) is 3.79. The van der Waals surface area contributed by atoms with Crippen molar-refractivity contribution in [2.75, 3.05) is 11.1 Å². The highest BCUT2D eigenvalue weighted by Crippen LogP contribution is 2.23. The second kappa shape index (κ2) is 7.72. The lowest BCUT2D eigenvalue weighted by atomic mass is 10.1. The third-order valence-corrected chi connectivity index (χ3v) is 5.01.